The maximum absolute atomic E-state index is 5.09. The molecule has 50 heavy (non-hydrogen) atoms. The molecule has 0 bridgehead atoms. The maximum Gasteiger partial charge on any atom is 0.0774 e. The first-order valence-electron chi connectivity index (χ1n) is 16.3. The van der Waals surface area contributed by atoms with Gasteiger partial charge in [0, 0.05) is 32.0 Å². The zero-order chi connectivity index (χ0) is 32.8. The van der Waals surface area contributed by atoms with E-state index in [1.54, 1.807) is 17.5 Å². The van der Waals surface area contributed by atoms with Gasteiger partial charge in [0.15, 0.2) is 0 Å². The van der Waals surface area contributed by atoms with E-state index in [-0.39, 0.29) is 20.1 Å². The van der Waals surface area contributed by atoms with E-state index in [1.807, 2.05) is 54.6 Å². The van der Waals surface area contributed by atoms with Gasteiger partial charge in [-0.05, 0) is 59.1 Å². The summed E-state index contributed by atoms with van der Waals surface area (Å²) in [5.74, 6) is 0.927. The topological polar surface area (TPSA) is 30.7 Å². The van der Waals surface area contributed by atoms with Crippen molar-refractivity contribution >= 4 is 32.5 Å². The van der Waals surface area contributed by atoms with Gasteiger partial charge in [-0.25, -0.2) is 0 Å². The first-order valence-corrected chi connectivity index (χ1v) is 17.1. The number of benzene rings is 6. The van der Waals surface area contributed by atoms with Gasteiger partial charge in [0.1, 0.15) is 0 Å². The normalized spacial score (nSPS) is 10.7. The van der Waals surface area contributed by atoms with Crippen LogP contribution in [0.3, 0.4) is 0 Å². The Hall–Kier alpha value is -5.45. The Morgan fingerprint density at radius 3 is 2.10 bits per heavy atom. The predicted molar refractivity (Wildman–Crippen MR) is 204 cm³/mol. The van der Waals surface area contributed by atoms with Gasteiger partial charge in [-0.2, -0.15) is 0 Å². The zero-order valence-corrected chi connectivity index (χ0v) is 30.2. The zero-order valence-electron chi connectivity index (χ0n) is 27.0. The standard InChI is InChI=1S/C34H23N2S.C11H8N.Ir/c1-3-9-24(10-4-1)21-25-15-20-29-30(23-37-33(29)22-25)34-35-31-13-7-8-14-32(31)36(34)28-18-16-27(17-19-28)26-11-5-2-6-12-26;1-2-6-10(7-3-1)11-8-4-5-9-12-11;/h1-20,22H,21H2;1-6,8-9H;/q2*-1;. The largest absolute Gasteiger partial charge is 0.333 e. The van der Waals surface area contributed by atoms with E-state index in [4.69, 9.17) is 4.98 Å². The molecule has 0 N–H and O–H groups in total. The van der Waals surface area contributed by atoms with Crippen molar-refractivity contribution in [3.63, 3.8) is 0 Å². The molecular formula is C45H31IrN3S-2. The van der Waals surface area contributed by atoms with Crippen molar-refractivity contribution in [1.82, 2.24) is 14.5 Å². The van der Waals surface area contributed by atoms with E-state index < -0.39 is 0 Å². The van der Waals surface area contributed by atoms with Gasteiger partial charge in [0.2, 0.25) is 0 Å². The minimum absolute atomic E-state index is 0. The fourth-order valence-corrected chi connectivity index (χ4v) is 6.99. The first kappa shape index (κ1) is 33.1. The Labute approximate surface area is 309 Å². The monoisotopic (exact) mass is 838 g/mol. The number of fused-ring (bicyclic) bond motifs is 2. The van der Waals surface area contributed by atoms with Crippen molar-refractivity contribution in [2.45, 2.75) is 6.42 Å². The number of para-hydroxylation sites is 2. The quantitative estimate of drug-likeness (QED) is 0.156. The summed E-state index contributed by atoms with van der Waals surface area (Å²) in [6.45, 7) is 0. The van der Waals surface area contributed by atoms with Gasteiger partial charge in [-0.1, -0.05) is 130 Å². The molecule has 0 aliphatic heterocycles. The molecule has 0 unspecified atom stereocenters. The fourth-order valence-electron chi connectivity index (χ4n) is 6.09. The Bertz CT molecular complexity index is 2400. The second kappa shape index (κ2) is 15.4. The molecular weight excluding hydrogens is 807 g/mol. The molecule has 0 amide bonds. The minimum Gasteiger partial charge on any atom is -0.333 e. The molecule has 5 heteroatoms. The van der Waals surface area contributed by atoms with Crippen LogP contribution in [-0.2, 0) is 26.5 Å². The van der Waals surface area contributed by atoms with E-state index in [9.17, 15) is 0 Å². The average molecular weight is 838 g/mol. The van der Waals surface area contributed by atoms with Crippen molar-refractivity contribution in [3.05, 3.63) is 199 Å². The molecule has 243 valence electrons. The summed E-state index contributed by atoms with van der Waals surface area (Å²) in [4.78, 5) is 9.31. The predicted octanol–water partition coefficient (Wildman–Crippen LogP) is 11.5. The molecule has 0 saturated carbocycles. The van der Waals surface area contributed by atoms with Crippen LogP contribution in [0.2, 0.25) is 0 Å². The number of hydrogen-bond acceptors (Lipinski definition) is 3. The number of thiophene rings is 1. The van der Waals surface area contributed by atoms with Crippen LogP contribution in [0.4, 0.5) is 0 Å². The minimum atomic E-state index is 0. The van der Waals surface area contributed by atoms with E-state index >= 15 is 0 Å². The summed E-state index contributed by atoms with van der Waals surface area (Å²) in [5, 5.41) is 4.78. The number of nitrogens with zero attached hydrogens (tertiary/aromatic N) is 3. The van der Waals surface area contributed by atoms with Crippen molar-refractivity contribution in [2.24, 2.45) is 0 Å². The van der Waals surface area contributed by atoms with E-state index in [1.165, 1.54) is 32.3 Å². The van der Waals surface area contributed by atoms with Gasteiger partial charge in [-0.15, -0.1) is 47.3 Å². The summed E-state index contributed by atoms with van der Waals surface area (Å²) in [5.41, 5.74) is 11.3. The smallest absolute Gasteiger partial charge is 0.0774 e. The fraction of sp³-hybridized carbons (Fsp3) is 0.0222. The van der Waals surface area contributed by atoms with Crippen LogP contribution in [0.25, 0.3) is 60.6 Å². The third kappa shape index (κ3) is 7.12. The van der Waals surface area contributed by atoms with Crippen LogP contribution in [0.1, 0.15) is 11.1 Å². The molecule has 3 heterocycles. The molecule has 0 saturated heterocycles. The van der Waals surface area contributed by atoms with Crippen LogP contribution in [-0.4, -0.2) is 14.5 Å². The van der Waals surface area contributed by atoms with Crippen molar-refractivity contribution < 1.29 is 20.1 Å². The molecule has 0 fully saturated rings. The van der Waals surface area contributed by atoms with E-state index in [0.29, 0.717) is 0 Å². The van der Waals surface area contributed by atoms with Crippen LogP contribution in [0, 0.1) is 11.4 Å². The van der Waals surface area contributed by atoms with Crippen LogP contribution >= 0.6 is 11.3 Å². The molecule has 0 aliphatic carbocycles. The SMILES string of the molecule is [Ir].[c-]1ccccc1-c1ccccn1.[c-]1sc2cc(Cc3ccccc3)ccc2c1-c1nc2ccccc2n1-c1ccc(-c2ccccc2)cc1. The maximum atomic E-state index is 5.09. The number of hydrogen-bond donors (Lipinski definition) is 0. The van der Waals surface area contributed by atoms with Crippen molar-refractivity contribution in [3.8, 4) is 39.5 Å². The summed E-state index contributed by atoms with van der Waals surface area (Å²) in [6.07, 6.45) is 2.71. The number of imidazole rings is 1. The van der Waals surface area contributed by atoms with Crippen molar-refractivity contribution in [1.29, 1.82) is 0 Å². The van der Waals surface area contributed by atoms with Crippen LogP contribution < -0.4 is 0 Å². The van der Waals surface area contributed by atoms with Crippen LogP contribution in [0.5, 0.6) is 0 Å². The van der Waals surface area contributed by atoms with Gasteiger partial charge in [-0.3, -0.25) is 16.3 Å². The Morgan fingerprint density at radius 1 is 0.620 bits per heavy atom. The van der Waals surface area contributed by atoms with E-state index in [2.05, 4.69) is 136 Å². The first-order chi connectivity index (χ1) is 24.3. The molecule has 1 radical (unpaired) electrons. The molecule has 0 atom stereocenters. The van der Waals surface area contributed by atoms with Gasteiger partial charge in [0.05, 0.1) is 16.9 Å². The second-order valence-corrected chi connectivity index (χ2v) is 12.6. The molecule has 9 aromatic rings. The van der Waals surface area contributed by atoms with Crippen LogP contribution in [0.15, 0.2) is 176 Å². The Balaban J connectivity index is 0.000000255. The summed E-state index contributed by atoms with van der Waals surface area (Å²) in [7, 11) is 0. The van der Waals surface area contributed by atoms with E-state index in [0.717, 1.165) is 45.8 Å². The van der Waals surface area contributed by atoms with Gasteiger partial charge in [0.25, 0.3) is 0 Å². The summed E-state index contributed by atoms with van der Waals surface area (Å²) >= 11 is 1.67. The number of aromatic nitrogens is 3. The summed E-state index contributed by atoms with van der Waals surface area (Å²) < 4.78 is 3.50. The van der Waals surface area contributed by atoms with Crippen molar-refractivity contribution in [2.75, 3.05) is 0 Å². The second-order valence-electron chi connectivity index (χ2n) is 11.7. The molecule has 0 spiro atoms. The average Bonchev–Trinajstić information content (AvgIpc) is 3.78. The molecule has 3 aromatic heterocycles. The number of rotatable bonds is 6. The molecule has 9 rings (SSSR count). The van der Waals surface area contributed by atoms with Gasteiger partial charge < -0.3 is 9.55 Å². The molecule has 6 aromatic carbocycles. The molecule has 3 nitrogen and oxygen atoms in total. The van der Waals surface area contributed by atoms with Gasteiger partial charge >= 0.3 is 0 Å². The number of pyridine rings is 1. The Kier molecular flexibility index (Phi) is 10.2. The third-order valence-corrected chi connectivity index (χ3v) is 9.36. The molecule has 0 aliphatic rings. The summed E-state index contributed by atoms with van der Waals surface area (Å²) in [6, 6.07) is 61.8. The third-order valence-electron chi connectivity index (χ3n) is 8.50. The Morgan fingerprint density at radius 2 is 1.34 bits per heavy atom.